The number of imide groups is 1. The van der Waals surface area contributed by atoms with Gasteiger partial charge in [0.25, 0.3) is 10.0 Å². The number of aromatic nitrogens is 1. The molecule has 8 nitrogen and oxygen atoms in total. The van der Waals surface area contributed by atoms with E-state index in [0.29, 0.717) is 24.6 Å². The third kappa shape index (κ3) is 6.74. The summed E-state index contributed by atoms with van der Waals surface area (Å²) in [6.45, 7) is -0.726. The monoisotopic (exact) mass is 548 g/mol. The summed E-state index contributed by atoms with van der Waals surface area (Å²) in [4.78, 5) is 26.8. The number of pyridine rings is 1. The SMILES string of the molecule is CN(C(=O)CNCc1ccc2cccc(NS(=O)(=O)c3ccc(C(F)(F)F)cc3)c2n1)C(=O)C(F)(F)F. The highest BCUT2D eigenvalue weighted by Gasteiger charge is 2.43. The van der Waals surface area contributed by atoms with Crippen LogP contribution < -0.4 is 10.0 Å². The Hall–Kier alpha value is -3.72. The number of amides is 2. The summed E-state index contributed by atoms with van der Waals surface area (Å²) < 4.78 is 103. The van der Waals surface area contributed by atoms with E-state index in [9.17, 15) is 44.3 Å². The van der Waals surface area contributed by atoms with Crippen LogP contribution in [0.15, 0.2) is 59.5 Å². The molecule has 3 rings (SSSR count). The molecule has 0 atom stereocenters. The lowest BCUT2D eigenvalue weighted by Crippen LogP contribution is -2.45. The molecule has 1 aromatic heterocycles. The van der Waals surface area contributed by atoms with E-state index in [4.69, 9.17) is 0 Å². The number of fused-ring (bicyclic) bond motifs is 1. The number of anilines is 1. The van der Waals surface area contributed by atoms with Crippen LogP contribution in [0, 0.1) is 0 Å². The van der Waals surface area contributed by atoms with E-state index >= 15 is 0 Å². The van der Waals surface area contributed by atoms with Gasteiger partial charge in [0.2, 0.25) is 5.91 Å². The molecule has 0 saturated heterocycles. The van der Waals surface area contributed by atoms with Crippen molar-refractivity contribution in [2.24, 2.45) is 0 Å². The van der Waals surface area contributed by atoms with Crippen molar-refractivity contribution in [1.29, 1.82) is 0 Å². The van der Waals surface area contributed by atoms with Crippen LogP contribution in [0.4, 0.5) is 32.0 Å². The van der Waals surface area contributed by atoms with Crippen molar-refractivity contribution in [2.75, 3.05) is 18.3 Å². The lowest BCUT2D eigenvalue weighted by Gasteiger charge is -2.17. The van der Waals surface area contributed by atoms with Crippen LogP contribution in [0.2, 0.25) is 0 Å². The first-order valence-corrected chi connectivity index (χ1v) is 11.7. The van der Waals surface area contributed by atoms with Crippen LogP contribution in [-0.4, -0.2) is 49.9 Å². The Morgan fingerprint density at radius 3 is 2.19 bits per heavy atom. The first kappa shape index (κ1) is 27.9. The number of alkyl halides is 6. The highest BCUT2D eigenvalue weighted by molar-refractivity contribution is 7.92. The van der Waals surface area contributed by atoms with Gasteiger partial charge in [-0.05, 0) is 36.4 Å². The van der Waals surface area contributed by atoms with Gasteiger partial charge in [0.05, 0.1) is 33.9 Å². The average Bonchev–Trinajstić information content (AvgIpc) is 2.82. The zero-order chi connectivity index (χ0) is 27.6. The van der Waals surface area contributed by atoms with Crippen LogP contribution >= 0.6 is 0 Å². The van der Waals surface area contributed by atoms with Crippen molar-refractivity contribution in [3.8, 4) is 0 Å². The molecule has 0 aliphatic carbocycles. The number of rotatable bonds is 7. The van der Waals surface area contributed by atoms with E-state index in [-0.39, 0.29) is 28.3 Å². The van der Waals surface area contributed by atoms with Gasteiger partial charge in [-0.3, -0.25) is 19.2 Å². The van der Waals surface area contributed by atoms with Crippen molar-refractivity contribution in [3.05, 3.63) is 65.9 Å². The molecule has 3 aromatic rings. The van der Waals surface area contributed by atoms with Gasteiger partial charge < -0.3 is 5.32 Å². The Balaban J connectivity index is 1.75. The number of sulfonamides is 1. The average molecular weight is 548 g/mol. The van der Waals surface area contributed by atoms with Crippen molar-refractivity contribution in [1.82, 2.24) is 15.2 Å². The fourth-order valence-corrected chi connectivity index (χ4v) is 4.18. The second kappa shape index (κ2) is 10.3. The lowest BCUT2D eigenvalue weighted by molar-refractivity contribution is -0.186. The summed E-state index contributed by atoms with van der Waals surface area (Å²) in [5.41, 5.74) is -0.534. The summed E-state index contributed by atoms with van der Waals surface area (Å²) in [6.07, 6.45) is -9.83. The number of carbonyl (C=O) groups is 2. The molecule has 198 valence electrons. The summed E-state index contributed by atoms with van der Waals surface area (Å²) >= 11 is 0. The van der Waals surface area contributed by atoms with Crippen LogP contribution in [0.5, 0.6) is 0 Å². The molecule has 1 heterocycles. The number of para-hydroxylation sites is 1. The third-order valence-electron chi connectivity index (χ3n) is 5.02. The third-order valence-corrected chi connectivity index (χ3v) is 6.40. The number of hydrogen-bond donors (Lipinski definition) is 2. The number of halogens is 6. The fourth-order valence-electron chi connectivity index (χ4n) is 3.11. The molecule has 2 aromatic carbocycles. The molecule has 0 bridgehead atoms. The molecule has 15 heteroatoms. The molecule has 2 amide bonds. The Kier molecular flexibility index (Phi) is 7.78. The number of hydrogen-bond acceptors (Lipinski definition) is 6. The van der Waals surface area contributed by atoms with Crippen LogP contribution in [0.1, 0.15) is 11.3 Å². The van der Waals surface area contributed by atoms with Crippen LogP contribution in [0.3, 0.4) is 0 Å². The van der Waals surface area contributed by atoms with Crippen LogP contribution in [0.25, 0.3) is 10.9 Å². The standard InChI is InChI=1S/C22H18F6N4O4S/c1-32(20(34)22(26,27)28)18(33)12-29-11-15-8-5-13-3-2-4-17(19(13)30-15)31-37(35,36)16-9-6-14(7-10-16)21(23,24)25/h2-10,29,31H,11-12H2,1H3. The van der Waals surface area contributed by atoms with Gasteiger partial charge in [-0.2, -0.15) is 26.3 Å². The Morgan fingerprint density at radius 1 is 0.946 bits per heavy atom. The second-order valence-electron chi connectivity index (χ2n) is 7.67. The molecule has 37 heavy (non-hydrogen) atoms. The Bertz CT molecular complexity index is 1420. The number of nitrogens with zero attached hydrogens (tertiary/aromatic N) is 2. The normalized spacial score (nSPS) is 12.4. The van der Waals surface area contributed by atoms with Crippen LogP contribution in [-0.2, 0) is 32.3 Å². The summed E-state index contributed by atoms with van der Waals surface area (Å²) in [7, 11) is -3.59. The molecule has 0 aliphatic heterocycles. The van der Waals surface area contributed by atoms with Gasteiger partial charge in [0.1, 0.15) is 0 Å². The highest BCUT2D eigenvalue weighted by atomic mass is 32.2. The molecule has 0 radical (unpaired) electrons. The molecular formula is C22H18F6N4O4S. The molecule has 0 saturated carbocycles. The summed E-state index contributed by atoms with van der Waals surface area (Å²) in [5, 5.41) is 3.06. The summed E-state index contributed by atoms with van der Waals surface area (Å²) in [6, 6.07) is 10.5. The smallest absolute Gasteiger partial charge is 0.303 e. The molecular weight excluding hydrogens is 530 g/mol. The first-order chi connectivity index (χ1) is 17.1. The first-order valence-electron chi connectivity index (χ1n) is 10.3. The van der Waals surface area contributed by atoms with Gasteiger partial charge in [-0.1, -0.05) is 18.2 Å². The van der Waals surface area contributed by atoms with Crippen molar-refractivity contribution < 1.29 is 44.3 Å². The number of nitrogens with one attached hydrogen (secondary N) is 2. The molecule has 0 unspecified atom stereocenters. The molecule has 0 aliphatic rings. The molecule has 2 N–H and O–H groups in total. The molecule has 0 fully saturated rings. The van der Waals surface area contributed by atoms with Gasteiger partial charge in [-0.25, -0.2) is 13.4 Å². The lowest BCUT2D eigenvalue weighted by atomic mass is 10.2. The number of likely N-dealkylation sites (N-methyl/N-ethyl adjacent to an activating group) is 1. The fraction of sp³-hybridized carbons (Fsp3) is 0.227. The minimum atomic E-state index is -5.20. The van der Waals surface area contributed by atoms with E-state index in [2.05, 4.69) is 15.0 Å². The molecule has 0 spiro atoms. The Morgan fingerprint density at radius 2 is 1.59 bits per heavy atom. The predicted octanol–water partition coefficient (Wildman–Crippen LogP) is 3.69. The van der Waals surface area contributed by atoms with Gasteiger partial charge in [-0.15, -0.1) is 0 Å². The minimum Gasteiger partial charge on any atom is -0.303 e. The van der Waals surface area contributed by atoms with E-state index < -0.39 is 51.2 Å². The van der Waals surface area contributed by atoms with Crippen molar-refractivity contribution >= 4 is 38.4 Å². The number of benzene rings is 2. The largest absolute Gasteiger partial charge is 0.471 e. The topological polar surface area (TPSA) is 108 Å². The van der Waals surface area contributed by atoms with E-state index in [1.165, 1.54) is 18.2 Å². The maximum absolute atomic E-state index is 12.8. The Labute approximate surface area is 206 Å². The van der Waals surface area contributed by atoms with Gasteiger partial charge >= 0.3 is 18.3 Å². The maximum Gasteiger partial charge on any atom is 0.471 e. The zero-order valence-electron chi connectivity index (χ0n) is 18.8. The highest BCUT2D eigenvalue weighted by Crippen LogP contribution is 2.30. The number of carbonyl (C=O) groups excluding carboxylic acids is 2. The van der Waals surface area contributed by atoms with E-state index in [0.717, 1.165) is 12.1 Å². The van der Waals surface area contributed by atoms with E-state index in [1.807, 2.05) is 0 Å². The maximum atomic E-state index is 12.8. The summed E-state index contributed by atoms with van der Waals surface area (Å²) in [5.74, 6) is -3.44. The van der Waals surface area contributed by atoms with Crippen molar-refractivity contribution in [3.63, 3.8) is 0 Å². The predicted molar refractivity (Wildman–Crippen MR) is 120 cm³/mol. The van der Waals surface area contributed by atoms with Crippen molar-refractivity contribution in [2.45, 2.75) is 23.8 Å². The van der Waals surface area contributed by atoms with Gasteiger partial charge in [0, 0.05) is 19.0 Å². The van der Waals surface area contributed by atoms with Gasteiger partial charge in [0.15, 0.2) is 0 Å². The minimum absolute atomic E-state index is 0.0193. The zero-order valence-corrected chi connectivity index (χ0v) is 19.6. The van der Waals surface area contributed by atoms with E-state index in [1.54, 1.807) is 12.1 Å². The second-order valence-corrected chi connectivity index (χ2v) is 9.35. The quantitative estimate of drug-likeness (QED) is 0.436.